The van der Waals surface area contributed by atoms with E-state index in [-0.39, 0.29) is 0 Å². The number of nitrogens with one attached hydrogen (secondary N) is 1. The van der Waals surface area contributed by atoms with Crippen molar-refractivity contribution in [2.75, 3.05) is 0 Å². The van der Waals surface area contributed by atoms with Crippen molar-refractivity contribution in [3.8, 4) is 45.3 Å². The first-order valence-corrected chi connectivity index (χ1v) is 25.8. The van der Waals surface area contributed by atoms with Gasteiger partial charge in [0.15, 0.2) is 5.82 Å². The summed E-state index contributed by atoms with van der Waals surface area (Å²) >= 11 is 3.44. The summed E-state index contributed by atoms with van der Waals surface area (Å²) in [5.41, 5.74) is 13.3. The standard InChI is InChI=1S/C31H24F2N6.C18H14BrF2N5.C13H11N/c1-21-9-8-14-25(36-21)30-31(38(20-35-30)19-26(32)33)24-15-16-27-34-17-28(39(27)18-24)37-29(22-10-4-2-5-11-22)23-12-6-3-7-13-23;1-11-3-2-4-13(24-11)17-18(25(10-23-17)9-15(20)21)12-5-6-16-22-7-14(19)26(16)8-12;14-13(11-7-3-1-4-8-11)12-9-5-2-6-10-12/h2-18,20,26H,19H2,1H3;2-8,10,15H,9H2,1H3;1-10,14H. The highest BCUT2D eigenvalue weighted by molar-refractivity contribution is 9.10. The van der Waals surface area contributed by atoms with Crippen LogP contribution in [-0.4, -0.2) is 72.1 Å². The number of nitrogens with zero attached hydrogens (tertiary/aromatic N) is 11. The van der Waals surface area contributed by atoms with Crippen molar-refractivity contribution in [3.63, 3.8) is 0 Å². The second-order valence-electron chi connectivity index (χ2n) is 18.1. The Morgan fingerprint density at radius 2 is 0.911 bits per heavy atom. The zero-order valence-electron chi connectivity index (χ0n) is 42.7. The number of rotatable bonds is 13. The lowest BCUT2D eigenvalue weighted by Gasteiger charge is -2.12. The number of fused-ring (bicyclic) bond motifs is 2. The summed E-state index contributed by atoms with van der Waals surface area (Å²) in [7, 11) is 0. The second kappa shape index (κ2) is 24.2. The Morgan fingerprint density at radius 1 is 0.494 bits per heavy atom. The maximum absolute atomic E-state index is 13.5. The zero-order valence-corrected chi connectivity index (χ0v) is 44.2. The van der Waals surface area contributed by atoms with E-state index in [0.717, 1.165) is 55.2 Å². The highest BCUT2D eigenvalue weighted by Crippen LogP contribution is 2.34. The van der Waals surface area contributed by atoms with Crippen molar-refractivity contribution in [1.29, 1.82) is 5.41 Å². The molecular weight excluding hydrogens is 1070 g/mol. The molecule has 0 aliphatic rings. The molecule has 0 fully saturated rings. The normalized spacial score (nSPS) is 11.1. The largest absolute Gasteiger partial charge is 0.324 e. The summed E-state index contributed by atoms with van der Waals surface area (Å²) in [6.07, 6.45) is 4.99. The summed E-state index contributed by atoms with van der Waals surface area (Å²) in [6, 6.07) is 58.1. The molecule has 79 heavy (non-hydrogen) atoms. The van der Waals surface area contributed by atoms with Crippen LogP contribution in [0, 0.1) is 19.3 Å². The molecule has 0 radical (unpaired) electrons. The van der Waals surface area contributed by atoms with Crippen molar-refractivity contribution in [1.82, 2.24) is 47.8 Å². The predicted octanol–water partition coefficient (Wildman–Crippen LogP) is 14.7. The summed E-state index contributed by atoms with van der Waals surface area (Å²) in [5, 5.41) is 7.97. The first-order chi connectivity index (χ1) is 38.5. The molecule has 392 valence electrons. The fraction of sp³-hybridized carbons (Fsp3) is 0.0968. The maximum atomic E-state index is 13.5. The smallest absolute Gasteiger partial charge is 0.256 e. The minimum Gasteiger partial charge on any atom is -0.324 e. The van der Waals surface area contributed by atoms with Crippen molar-refractivity contribution >= 4 is 44.5 Å². The lowest BCUT2D eigenvalue weighted by Crippen LogP contribution is -2.07. The Labute approximate surface area is 460 Å². The van der Waals surface area contributed by atoms with Gasteiger partial charge in [-0.2, -0.15) is 0 Å². The van der Waals surface area contributed by atoms with E-state index < -0.39 is 25.9 Å². The Bertz CT molecular complexity index is 3960. The Morgan fingerprint density at radius 3 is 1.35 bits per heavy atom. The van der Waals surface area contributed by atoms with Gasteiger partial charge in [0.1, 0.15) is 27.3 Å². The SMILES string of the molecule is Cc1cccc(-c2ncn(CC(F)F)c2-c2ccc3ncc(Br)n3c2)n1.Cc1cccc(-c2ncn(CC(F)F)c2-c2ccc3ncc(N=C(c4ccccc4)c4ccccc4)n3c2)n1.N=C(c1ccccc1)c1ccccc1. The minimum absolute atomic E-state index is 0.433. The molecule has 0 saturated heterocycles. The molecule has 8 aromatic heterocycles. The van der Waals surface area contributed by atoms with E-state index in [1.807, 2.05) is 217 Å². The van der Waals surface area contributed by atoms with Crippen LogP contribution in [0.4, 0.5) is 23.4 Å². The Hall–Kier alpha value is -9.48. The van der Waals surface area contributed by atoms with Crippen LogP contribution < -0.4 is 0 Å². The van der Waals surface area contributed by atoms with Crippen LogP contribution in [-0.2, 0) is 13.1 Å². The third-order valence-electron chi connectivity index (χ3n) is 12.5. The fourth-order valence-corrected chi connectivity index (χ4v) is 9.32. The summed E-state index contributed by atoms with van der Waals surface area (Å²) in [4.78, 5) is 31.8. The van der Waals surface area contributed by atoms with Gasteiger partial charge in [-0.25, -0.2) is 42.5 Å². The number of aromatic nitrogens is 10. The monoisotopic (exact) mass is 1120 g/mol. The van der Waals surface area contributed by atoms with Gasteiger partial charge >= 0.3 is 0 Å². The molecule has 0 spiro atoms. The van der Waals surface area contributed by atoms with E-state index in [0.29, 0.717) is 56.9 Å². The maximum Gasteiger partial charge on any atom is 0.256 e. The molecular formula is C62H49BrF4N12. The van der Waals surface area contributed by atoms with E-state index in [4.69, 9.17) is 10.4 Å². The average Bonchev–Trinajstić information content (AvgIpc) is 4.39. The third-order valence-corrected chi connectivity index (χ3v) is 13.1. The molecule has 0 aliphatic carbocycles. The van der Waals surface area contributed by atoms with Crippen LogP contribution in [0.15, 0.2) is 229 Å². The van der Waals surface area contributed by atoms with Crippen LogP contribution in [0.2, 0.25) is 0 Å². The lowest BCUT2D eigenvalue weighted by atomic mass is 10.0. The second-order valence-corrected chi connectivity index (χ2v) is 18.9. The number of pyridine rings is 4. The molecule has 17 heteroatoms. The van der Waals surface area contributed by atoms with Crippen LogP contribution >= 0.6 is 15.9 Å². The van der Waals surface area contributed by atoms with Gasteiger partial charge in [-0.3, -0.25) is 24.2 Å². The van der Waals surface area contributed by atoms with Crippen LogP contribution in [0.1, 0.15) is 33.6 Å². The van der Waals surface area contributed by atoms with Gasteiger partial charge in [-0.1, -0.05) is 133 Å². The molecule has 0 saturated carbocycles. The molecule has 12 aromatic rings. The van der Waals surface area contributed by atoms with Gasteiger partial charge in [0.25, 0.3) is 12.9 Å². The summed E-state index contributed by atoms with van der Waals surface area (Å²) in [5.74, 6) is 0.615. The van der Waals surface area contributed by atoms with Crippen molar-refractivity contribution in [3.05, 3.63) is 258 Å². The number of benzene rings is 4. The van der Waals surface area contributed by atoms with Gasteiger partial charge in [-0.05, 0) is 89.4 Å². The average molecular weight is 1120 g/mol. The summed E-state index contributed by atoms with van der Waals surface area (Å²) < 4.78 is 60.6. The topological polar surface area (TPSA) is 132 Å². The van der Waals surface area contributed by atoms with E-state index in [9.17, 15) is 17.6 Å². The number of aryl methyl sites for hydroxylation is 2. The number of aliphatic imine (C=N–C) groups is 1. The molecule has 0 aliphatic heterocycles. The van der Waals surface area contributed by atoms with Crippen LogP contribution in [0.25, 0.3) is 56.6 Å². The Kier molecular flexibility index (Phi) is 16.2. The Balaban J connectivity index is 0.000000150. The molecule has 0 amide bonds. The number of hydrogen-bond donors (Lipinski definition) is 1. The third kappa shape index (κ3) is 12.4. The highest BCUT2D eigenvalue weighted by Gasteiger charge is 2.22. The first kappa shape index (κ1) is 52.9. The quantitative estimate of drug-likeness (QED) is 0.0903. The molecule has 12 nitrogen and oxygen atoms in total. The van der Waals surface area contributed by atoms with Crippen molar-refractivity contribution < 1.29 is 17.6 Å². The fourth-order valence-electron chi connectivity index (χ4n) is 8.93. The molecule has 0 atom stereocenters. The summed E-state index contributed by atoms with van der Waals surface area (Å²) in [6.45, 7) is 2.86. The van der Waals surface area contributed by atoms with Crippen molar-refractivity contribution in [2.24, 2.45) is 4.99 Å². The lowest BCUT2D eigenvalue weighted by molar-refractivity contribution is 0.126. The van der Waals surface area contributed by atoms with E-state index in [2.05, 4.69) is 45.8 Å². The van der Waals surface area contributed by atoms with E-state index >= 15 is 0 Å². The molecule has 12 rings (SSSR count). The number of imidazole rings is 4. The molecule has 4 aromatic carbocycles. The van der Waals surface area contributed by atoms with Gasteiger partial charge in [0, 0.05) is 46.0 Å². The molecule has 0 bridgehead atoms. The first-order valence-electron chi connectivity index (χ1n) is 25.0. The van der Waals surface area contributed by atoms with Gasteiger partial charge < -0.3 is 9.13 Å². The van der Waals surface area contributed by atoms with Gasteiger partial charge in [0.2, 0.25) is 0 Å². The molecule has 1 N–H and O–H groups in total. The predicted molar refractivity (Wildman–Crippen MR) is 305 cm³/mol. The van der Waals surface area contributed by atoms with Crippen LogP contribution in [0.5, 0.6) is 0 Å². The van der Waals surface area contributed by atoms with Gasteiger partial charge in [-0.15, -0.1) is 0 Å². The van der Waals surface area contributed by atoms with Crippen LogP contribution in [0.3, 0.4) is 0 Å². The van der Waals surface area contributed by atoms with Gasteiger partial charge in [0.05, 0.1) is 72.3 Å². The molecule has 8 heterocycles. The number of halogens is 5. The highest BCUT2D eigenvalue weighted by atomic mass is 79.9. The van der Waals surface area contributed by atoms with Crippen molar-refractivity contribution in [2.45, 2.75) is 39.8 Å². The minimum atomic E-state index is -2.53. The number of hydrogen-bond acceptors (Lipinski definition) is 8. The molecule has 0 unspecified atom stereocenters. The number of alkyl halides is 4. The van der Waals surface area contributed by atoms with E-state index in [1.165, 1.54) is 21.8 Å². The zero-order chi connectivity index (χ0) is 54.8. The van der Waals surface area contributed by atoms with E-state index in [1.54, 1.807) is 12.4 Å².